The molecule has 0 spiro atoms. The van der Waals surface area contributed by atoms with Crippen LogP contribution in [0.2, 0.25) is 0 Å². The van der Waals surface area contributed by atoms with Gasteiger partial charge in [0.15, 0.2) is 0 Å². The minimum atomic E-state index is 0.784. The van der Waals surface area contributed by atoms with Crippen molar-refractivity contribution in [3.63, 3.8) is 0 Å². The van der Waals surface area contributed by atoms with Gasteiger partial charge in [0.05, 0.1) is 0 Å². The average Bonchev–Trinajstić information content (AvgIpc) is 2.22. The van der Waals surface area contributed by atoms with Crippen molar-refractivity contribution in [1.82, 2.24) is 0 Å². The molecule has 15 heavy (non-hydrogen) atoms. The van der Waals surface area contributed by atoms with Crippen LogP contribution in [0.5, 0.6) is 0 Å². The van der Waals surface area contributed by atoms with Crippen LogP contribution in [-0.2, 0) is 0 Å². The zero-order valence-corrected chi connectivity index (χ0v) is 10.6. The molecule has 0 amide bonds. The Kier molecular flexibility index (Phi) is 4.73. The summed E-state index contributed by atoms with van der Waals surface area (Å²) in [5.41, 5.74) is 2.44. The van der Waals surface area contributed by atoms with Crippen LogP contribution in [0.1, 0.15) is 11.1 Å². The Morgan fingerprint density at radius 3 is 2.73 bits per heavy atom. The largest absolute Gasteiger partial charge is 0.207 e. The topological polar surface area (TPSA) is 36.1 Å². The lowest BCUT2D eigenvalue weighted by Crippen LogP contribution is -1.87. The van der Waals surface area contributed by atoms with E-state index in [0.29, 0.717) is 0 Å². The van der Waals surface area contributed by atoms with Gasteiger partial charge in [0.25, 0.3) is 0 Å². The summed E-state index contributed by atoms with van der Waals surface area (Å²) in [6.45, 7) is 4.12. The first-order valence-electron chi connectivity index (χ1n) is 4.43. The standard InChI is InChI=1S/C11H12N2S2/c1-8-4-5-9(2)10(6-8)15-11(14-3)13-7-12/h4-6H,1-3H3. The normalized spacial score (nSPS) is 11.2. The fourth-order valence-corrected chi connectivity index (χ4v) is 2.55. The third-order valence-electron chi connectivity index (χ3n) is 1.86. The highest BCUT2D eigenvalue weighted by Crippen LogP contribution is 2.28. The number of aliphatic imine (C=N–C) groups is 1. The maximum atomic E-state index is 8.51. The molecule has 0 saturated carbocycles. The van der Waals surface area contributed by atoms with Gasteiger partial charge in [-0.15, -0.1) is 11.8 Å². The fourth-order valence-electron chi connectivity index (χ4n) is 1.06. The van der Waals surface area contributed by atoms with Crippen molar-refractivity contribution in [1.29, 1.82) is 5.26 Å². The molecule has 1 aromatic rings. The quantitative estimate of drug-likeness (QED) is 0.323. The van der Waals surface area contributed by atoms with E-state index in [4.69, 9.17) is 5.26 Å². The zero-order chi connectivity index (χ0) is 11.3. The molecule has 0 bridgehead atoms. The first kappa shape index (κ1) is 12.2. The van der Waals surface area contributed by atoms with Crippen molar-refractivity contribution in [3.8, 4) is 6.19 Å². The maximum absolute atomic E-state index is 8.51. The van der Waals surface area contributed by atoms with E-state index in [1.165, 1.54) is 27.8 Å². The lowest BCUT2D eigenvalue weighted by Gasteiger charge is -2.05. The second-order valence-corrected chi connectivity index (χ2v) is 5.14. The van der Waals surface area contributed by atoms with Gasteiger partial charge in [-0.3, -0.25) is 0 Å². The number of nitriles is 1. The average molecular weight is 236 g/mol. The zero-order valence-electron chi connectivity index (χ0n) is 8.94. The first-order chi connectivity index (χ1) is 7.17. The summed E-state index contributed by atoms with van der Waals surface area (Å²) >= 11 is 3.04. The van der Waals surface area contributed by atoms with Crippen LogP contribution in [0.4, 0.5) is 0 Å². The van der Waals surface area contributed by atoms with Crippen molar-refractivity contribution >= 4 is 27.9 Å². The second-order valence-electron chi connectivity index (χ2n) is 3.05. The lowest BCUT2D eigenvalue weighted by molar-refractivity contribution is 1.27. The molecule has 0 aromatic heterocycles. The van der Waals surface area contributed by atoms with E-state index in [9.17, 15) is 0 Å². The van der Waals surface area contributed by atoms with Crippen LogP contribution >= 0.6 is 23.5 Å². The van der Waals surface area contributed by atoms with Crippen LogP contribution in [0.15, 0.2) is 28.1 Å². The molecule has 0 saturated heterocycles. The van der Waals surface area contributed by atoms with E-state index in [1.807, 2.05) is 12.4 Å². The van der Waals surface area contributed by atoms with E-state index >= 15 is 0 Å². The molecule has 78 valence electrons. The number of nitrogens with zero attached hydrogens (tertiary/aromatic N) is 2. The van der Waals surface area contributed by atoms with Crippen molar-refractivity contribution in [2.45, 2.75) is 18.7 Å². The Morgan fingerprint density at radius 2 is 2.13 bits per heavy atom. The van der Waals surface area contributed by atoms with Crippen molar-refractivity contribution < 1.29 is 0 Å². The Balaban J connectivity index is 2.93. The summed E-state index contributed by atoms with van der Waals surface area (Å²) in [6, 6.07) is 6.28. The van der Waals surface area contributed by atoms with Gasteiger partial charge >= 0.3 is 0 Å². The minimum Gasteiger partial charge on any atom is -0.170 e. The van der Waals surface area contributed by atoms with Gasteiger partial charge in [0.1, 0.15) is 4.38 Å². The molecular weight excluding hydrogens is 224 g/mol. The van der Waals surface area contributed by atoms with Gasteiger partial charge in [-0.1, -0.05) is 23.9 Å². The third kappa shape index (κ3) is 3.61. The van der Waals surface area contributed by atoms with Gasteiger partial charge in [-0.05, 0) is 37.3 Å². The second kappa shape index (κ2) is 5.84. The molecule has 0 aliphatic carbocycles. The number of hydrogen-bond donors (Lipinski definition) is 0. The third-order valence-corrected chi connectivity index (χ3v) is 3.97. The molecule has 0 fully saturated rings. The molecule has 0 N–H and O–H groups in total. The summed E-state index contributed by atoms with van der Waals surface area (Å²) in [7, 11) is 0. The SMILES string of the molecule is CSC(=NC#N)Sc1cc(C)ccc1C. The van der Waals surface area contributed by atoms with Crippen LogP contribution in [0.3, 0.4) is 0 Å². The smallest absolute Gasteiger partial charge is 0.170 e. The van der Waals surface area contributed by atoms with Gasteiger partial charge in [-0.2, -0.15) is 10.3 Å². The summed E-state index contributed by atoms with van der Waals surface area (Å²) in [6.07, 6.45) is 3.74. The van der Waals surface area contributed by atoms with E-state index in [-0.39, 0.29) is 0 Å². The van der Waals surface area contributed by atoms with Crippen molar-refractivity contribution in [2.75, 3.05) is 6.26 Å². The van der Waals surface area contributed by atoms with Gasteiger partial charge < -0.3 is 0 Å². The molecule has 4 heteroatoms. The monoisotopic (exact) mass is 236 g/mol. The number of benzene rings is 1. The van der Waals surface area contributed by atoms with E-state index in [0.717, 1.165) is 4.38 Å². The molecule has 0 heterocycles. The van der Waals surface area contributed by atoms with Gasteiger partial charge in [0.2, 0.25) is 6.19 Å². The molecule has 0 unspecified atom stereocenters. The van der Waals surface area contributed by atoms with Crippen LogP contribution in [0.25, 0.3) is 0 Å². The number of hydrogen-bond acceptors (Lipinski definition) is 4. The highest BCUT2D eigenvalue weighted by atomic mass is 32.2. The minimum absolute atomic E-state index is 0.784. The molecule has 0 aliphatic heterocycles. The Hall–Kier alpha value is -0.920. The van der Waals surface area contributed by atoms with Crippen molar-refractivity contribution in [2.24, 2.45) is 4.99 Å². The highest BCUT2D eigenvalue weighted by molar-refractivity contribution is 8.38. The van der Waals surface area contributed by atoms with E-state index in [1.54, 1.807) is 11.8 Å². The number of rotatable bonds is 1. The molecule has 0 atom stereocenters. The molecule has 1 rings (SSSR count). The maximum Gasteiger partial charge on any atom is 0.207 e. The summed E-state index contributed by atoms with van der Waals surface area (Å²) in [5, 5.41) is 8.51. The summed E-state index contributed by atoms with van der Waals surface area (Å²) in [5.74, 6) is 0. The molecule has 0 aliphatic rings. The Labute approximate surface area is 98.8 Å². The molecule has 1 aromatic carbocycles. The van der Waals surface area contributed by atoms with Crippen molar-refractivity contribution in [3.05, 3.63) is 29.3 Å². The first-order valence-corrected chi connectivity index (χ1v) is 6.47. The Bertz CT molecular complexity index is 419. The van der Waals surface area contributed by atoms with Crippen LogP contribution in [0, 0.1) is 25.3 Å². The highest BCUT2D eigenvalue weighted by Gasteiger charge is 2.04. The van der Waals surface area contributed by atoms with Gasteiger partial charge in [-0.25, -0.2) is 0 Å². The van der Waals surface area contributed by atoms with E-state index < -0.39 is 0 Å². The number of thioether (sulfide) groups is 2. The van der Waals surface area contributed by atoms with Crippen LogP contribution in [-0.4, -0.2) is 10.6 Å². The molecule has 2 nitrogen and oxygen atoms in total. The molecular formula is C11H12N2S2. The predicted octanol–water partition coefficient (Wildman–Crippen LogP) is 3.60. The van der Waals surface area contributed by atoms with Gasteiger partial charge in [0, 0.05) is 4.90 Å². The summed E-state index contributed by atoms with van der Waals surface area (Å²) in [4.78, 5) is 4.92. The number of aryl methyl sites for hydroxylation is 2. The van der Waals surface area contributed by atoms with E-state index in [2.05, 4.69) is 37.0 Å². The molecule has 0 radical (unpaired) electrons. The van der Waals surface area contributed by atoms with Crippen LogP contribution < -0.4 is 0 Å². The fraction of sp³-hybridized carbons (Fsp3) is 0.273. The Morgan fingerprint density at radius 1 is 1.40 bits per heavy atom. The predicted molar refractivity (Wildman–Crippen MR) is 68.3 cm³/mol. The summed E-state index contributed by atoms with van der Waals surface area (Å²) < 4.78 is 0.784. The lowest BCUT2D eigenvalue weighted by atomic mass is 10.2.